The number of benzene rings is 1. The molecule has 1 aliphatic heterocycles. The Kier molecular flexibility index (Phi) is 4.95. The van der Waals surface area contributed by atoms with Gasteiger partial charge in [-0.05, 0) is 25.0 Å². The molecule has 1 saturated carbocycles. The van der Waals surface area contributed by atoms with Crippen LogP contribution in [0.4, 0.5) is 0 Å². The van der Waals surface area contributed by atoms with Gasteiger partial charge in [-0.2, -0.15) is 0 Å². The average Bonchev–Trinajstić information content (AvgIpc) is 3.19. The van der Waals surface area contributed by atoms with E-state index in [1.165, 1.54) is 4.90 Å². The summed E-state index contributed by atoms with van der Waals surface area (Å²) in [5.74, 6) is -0.536. The lowest BCUT2D eigenvalue weighted by atomic mass is 9.81. The van der Waals surface area contributed by atoms with Crippen molar-refractivity contribution in [2.45, 2.75) is 38.6 Å². The molecule has 2 heterocycles. The maximum absolute atomic E-state index is 12.5. The quantitative estimate of drug-likeness (QED) is 0.742. The van der Waals surface area contributed by atoms with Crippen LogP contribution in [0.1, 0.15) is 37.1 Å². The van der Waals surface area contributed by atoms with Gasteiger partial charge in [0.25, 0.3) is 0 Å². The van der Waals surface area contributed by atoms with E-state index in [9.17, 15) is 14.4 Å². The van der Waals surface area contributed by atoms with Crippen molar-refractivity contribution in [1.29, 1.82) is 0 Å². The van der Waals surface area contributed by atoms with Crippen LogP contribution in [0.2, 0.25) is 0 Å². The van der Waals surface area contributed by atoms with E-state index < -0.39 is 0 Å². The van der Waals surface area contributed by atoms with E-state index in [1.54, 1.807) is 23.3 Å². The average molecular weight is 385 g/mol. The van der Waals surface area contributed by atoms with Crippen LogP contribution in [-0.2, 0) is 20.9 Å². The highest BCUT2D eigenvalue weighted by Crippen LogP contribution is 2.38. The van der Waals surface area contributed by atoms with Gasteiger partial charge in [-0.25, -0.2) is 4.98 Å². The van der Waals surface area contributed by atoms with Crippen LogP contribution in [0.15, 0.2) is 24.3 Å². The highest BCUT2D eigenvalue weighted by molar-refractivity contribution is 7.18. The summed E-state index contributed by atoms with van der Waals surface area (Å²) in [6.07, 6.45) is 3.79. The molecule has 27 heavy (non-hydrogen) atoms. The van der Waals surface area contributed by atoms with Gasteiger partial charge in [-0.15, -0.1) is 11.3 Å². The van der Waals surface area contributed by atoms with Crippen molar-refractivity contribution in [2.24, 2.45) is 11.8 Å². The molecule has 3 amide bonds. The van der Waals surface area contributed by atoms with Gasteiger partial charge in [-0.3, -0.25) is 19.3 Å². The van der Waals surface area contributed by atoms with E-state index in [2.05, 4.69) is 4.98 Å². The Labute approximate surface area is 162 Å². The van der Waals surface area contributed by atoms with Crippen molar-refractivity contribution in [2.75, 3.05) is 13.6 Å². The molecule has 0 bridgehead atoms. The number of thiazole rings is 1. The molecular weight excluding hydrogens is 362 g/mol. The number of rotatable bonds is 5. The minimum Gasteiger partial charge on any atom is -0.339 e. The van der Waals surface area contributed by atoms with Crippen LogP contribution in [-0.4, -0.2) is 46.1 Å². The number of hydrogen-bond acceptors (Lipinski definition) is 5. The molecule has 2 aromatic rings. The summed E-state index contributed by atoms with van der Waals surface area (Å²) in [5, 5.41) is 0.881. The second-order valence-electron chi connectivity index (χ2n) is 7.40. The Morgan fingerprint density at radius 2 is 1.85 bits per heavy atom. The summed E-state index contributed by atoms with van der Waals surface area (Å²) in [6.45, 7) is 0.624. The fourth-order valence-electron chi connectivity index (χ4n) is 4.13. The number of para-hydroxylation sites is 1. The lowest BCUT2D eigenvalue weighted by molar-refractivity contribution is -0.140. The monoisotopic (exact) mass is 385 g/mol. The molecule has 2 atom stereocenters. The number of amides is 3. The second kappa shape index (κ2) is 7.38. The lowest BCUT2D eigenvalue weighted by Gasteiger charge is -2.19. The first-order valence-electron chi connectivity index (χ1n) is 9.48. The first kappa shape index (κ1) is 18.1. The molecule has 0 unspecified atom stereocenters. The van der Waals surface area contributed by atoms with E-state index in [-0.39, 0.29) is 42.5 Å². The van der Waals surface area contributed by atoms with Crippen LogP contribution in [0.25, 0.3) is 10.2 Å². The van der Waals surface area contributed by atoms with E-state index >= 15 is 0 Å². The molecule has 1 aliphatic carbocycles. The number of likely N-dealkylation sites (tertiary alicyclic amines) is 1. The van der Waals surface area contributed by atoms with Crippen LogP contribution in [0, 0.1) is 11.8 Å². The first-order valence-corrected chi connectivity index (χ1v) is 10.3. The summed E-state index contributed by atoms with van der Waals surface area (Å²) in [5.41, 5.74) is 0.939. The fraction of sp³-hybridized carbons (Fsp3) is 0.500. The minimum atomic E-state index is -0.151. The molecule has 2 aliphatic rings. The molecule has 6 nitrogen and oxygen atoms in total. The number of fused-ring (bicyclic) bond motifs is 2. The van der Waals surface area contributed by atoms with Crippen molar-refractivity contribution >= 4 is 39.3 Å². The molecule has 1 aromatic carbocycles. The summed E-state index contributed by atoms with van der Waals surface area (Å²) >= 11 is 1.58. The molecular formula is C20H23N3O3S. The van der Waals surface area contributed by atoms with Crippen molar-refractivity contribution < 1.29 is 14.4 Å². The molecule has 1 aromatic heterocycles. The van der Waals surface area contributed by atoms with Crippen molar-refractivity contribution in [1.82, 2.24) is 14.8 Å². The van der Waals surface area contributed by atoms with Gasteiger partial charge in [0.2, 0.25) is 17.7 Å². The Morgan fingerprint density at radius 1 is 1.19 bits per heavy atom. The standard InChI is InChI=1S/C20H23N3O3S/c1-22(12-17-21-15-8-4-5-9-16(15)27-17)18(24)10-11-23-19(25)13-6-2-3-7-14(13)20(23)26/h4-5,8-9,13-14H,2-3,6-7,10-12H2,1H3/t13-,14-/m1/s1. The normalized spacial score (nSPS) is 22.3. The predicted octanol–water partition coefficient (Wildman–Crippen LogP) is 2.82. The van der Waals surface area contributed by atoms with Crippen molar-refractivity contribution in [3.63, 3.8) is 0 Å². The molecule has 7 heteroatoms. The van der Waals surface area contributed by atoms with Crippen molar-refractivity contribution in [3.05, 3.63) is 29.3 Å². The summed E-state index contributed by atoms with van der Waals surface area (Å²) in [4.78, 5) is 45.0. The first-order chi connectivity index (χ1) is 13.0. The van der Waals surface area contributed by atoms with E-state index in [0.717, 1.165) is 40.9 Å². The van der Waals surface area contributed by atoms with Crippen LogP contribution < -0.4 is 0 Å². The zero-order chi connectivity index (χ0) is 19.0. The molecule has 142 valence electrons. The third-order valence-corrected chi connectivity index (χ3v) is 6.64. The number of aromatic nitrogens is 1. The molecule has 0 radical (unpaired) electrons. The Bertz CT molecular complexity index is 836. The third kappa shape index (κ3) is 3.48. The van der Waals surface area contributed by atoms with E-state index in [0.29, 0.717) is 6.54 Å². The zero-order valence-corrected chi connectivity index (χ0v) is 16.2. The van der Waals surface area contributed by atoms with E-state index in [1.807, 2.05) is 24.3 Å². The minimum absolute atomic E-state index is 0.0775. The summed E-state index contributed by atoms with van der Waals surface area (Å²) < 4.78 is 1.10. The molecule has 0 N–H and O–H groups in total. The van der Waals surface area contributed by atoms with Gasteiger partial charge in [-0.1, -0.05) is 25.0 Å². The smallest absolute Gasteiger partial charge is 0.233 e. The molecule has 0 spiro atoms. The lowest BCUT2D eigenvalue weighted by Crippen LogP contribution is -2.36. The van der Waals surface area contributed by atoms with Gasteiger partial charge in [0, 0.05) is 20.0 Å². The highest BCUT2D eigenvalue weighted by atomic mass is 32.1. The van der Waals surface area contributed by atoms with Gasteiger partial charge in [0.05, 0.1) is 28.6 Å². The largest absolute Gasteiger partial charge is 0.339 e. The Balaban J connectivity index is 1.34. The van der Waals surface area contributed by atoms with Gasteiger partial charge in [0.15, 0.2) is 0 Å². The number of hydrogen-bond donors (Lipinski definition) is 0. The summed E-state index contributed by atoms with van der Waals surface area (Å²) in [7, 11) is 1.74. The molecule has 2 fully saturated rings. The highest BCUT2D eigenvalue weighted by Gasteiger charge is 2.47. The maximum Gasteiger partial charge on any atom is 0.233 e. The summed E-state index contributed by atoms with van der Waals surface area (Å²) in [6, 6.07) is 7.90. The number of carbonyl (C=O) groups is 3. The maximum atomic E-state index is 12.5. The van der Waals surface area contributed by atoms with Gasteiger partial charge >= 0.3 is 0 Å². The van der Waals surface area contributed by atoms with E-state index in [4.69, 9.17) is 0 Å². The zero-order valence-electron chi connectivity index (χ0n) is 15.4. The predicted molar refractivity (Wildman–Crippen MR) is 103 cm³/mol. The Hall–Kier alpha value is -2.28. The van der Waals surface area contributed by atoms with Crippen LogP contribution in [0.5, 0.6) is 0 Å². The topological polar surface area (TPSA) is 70.6 Å². The van der Waals surface area contributed by atoms with Crippen LogP contribution in [0.3, 0.4) is 0 Å². The third-order valence-electron chi connectivity index (χ3n) is 5.62. The molecule has 1 saturated heterocycles. The van der Waals surface area contributed by atoms with Gasteiger partial charge in [0.1, 0.15) is 5.01 Å². The number of carbonyl (C=O) groups excluding carboxylic acids is 3. The van der Waals surface area contributed by atoms with Crippen molar-refractivity contribution in [3.8, 4) is 0 Å². The second-order valence-corrected chi connectivity index (χ2v) is 8.52. The number of imide groups is 1. The molecule has 4 rings (SSSR count). The SMILES string of the molecule is CN(Cc1nc2ccccc2s1)C(=O)CCN1C(=O)[C@@H]2CCCC[C@H]2C1=O. The fourth-order valence-corrected chi connectivity index (χ4v) is 5.15. The number of nitrogens with zero attached hydrogens (tertiary/aromatic N) is 3. The Morgan fingerprint density at radius 3 is 2.52 bits per heavy atom. The van der Waals surface area contributed by atoms with Crippen LogP contribution >= 0.6 is 11.3 Å². The van der Waals surface area contributed by atoms with Gasteiger partial charge < -0.3 is 4.90 Å².